The Kier molecular flexibility index (Phi) is 13.0. The van der Waals surface area contributed by atoms with Crippen molar-refractivity contribution in [3.05, 3.63) is 132 Å². The van der Waals surface area contributed by atoms with Gasteiger partial charge in [0.2, 0.25) is 15.8 Å². The van der Waals surface area contributed by atoms with Crippen LogP contribution in [0.25, 0.3) is 33.9 Å². The minimum absolute atomic E-state index is 0.0124. The van der Waals surface area contributed by atoms with Crippen LogP contribution in [0.3, 0.4) is 0 Å². The van der Waals surface area contributed by atoms with E-state index in [1.54, 1.807) is 88.1 Å². The first-order chi connectivity index (χ1) is 29.7. The van der Waals surface area contributed by atoms with Crippen LogP contribution in [0.2, 0.25) is 25.7 Å². The van der Waals surface area contributed by atoms with Gasteiger partial charge in [0.05, 0.1) is 44.1 Å². The Morgan fingerprint density at radius 2 is 1.26 bits per heavy atom. The van der Waals surface area contributed by atoms with Crippen molar-refractivity contribution in [1.29, 1.82) is 0 Å². The number of rotatable bonds is 18. The van der Waals surface area contributed by atoms with Crippen molar-refractivity contribution < 1.29 is 31.0 Å². The van der Waals surface area contributed by atoms with E-state index < -0.39 is 32.8 Å². The Balaban J connectivity index is 1.49. The van der Waals surface area contributed by atoms with Gasteiger partial charge in [0, 0.05) is 26.7 Å². The maximum absolute atomic E-state index is 15.9. The summed E-state index contributed by atoms with van der Waals surface area (Å²) in [5.41, 5.74) is 3.66. The summed E-state index contributed by atoms with van der Waals surface area (Å²) < 4.78 is 78.8. The molecule has 1 N–H and O–H groups in total. The quantitative estimate of drug-likeness (QED) is 0.0846. The number of aromatic nitrogens is 7. The predicted octanol–water partition coefficient (Wildman–Crippen LogP) is 7.37. The molecule has 18 heteroatoms. The molecule has 0 fully saturated rings. The number of hydrogen-bond acceptors (Lipinski definition) is 12. The molecular weight excluding hydrogens is 845 g/mol. The highest BCUT2D eigenvalue weighted by Crippen LogP contribution is 2.42. The van der Waals surface area contributed by atoms with Gasteiger partial charge in [-0.2, -0.15) is 14.2 Å². The van der Waals surface area contributed by atoms with E-state index in [9.17, 15) is 8.42 Å². The van der Waals surface area contributed by atoms with E-state index in [0.29, 0.717) is 56.9 Å². The third-order valence-corrected chi connectivity index (χ3v) is 16.1. The highest BCUT2D eigenvalue weighted by Gasteiger charge is 2.38. The van der Waals surface area contributed by atoms with Crippen molar-refractivity contribution in [2.24, 2.45) is 0 Å². The number of nitrogens with zero attached hydrogens (tertiary/aromatic N) is 7. The largest absolute Gasteiger partial charge is 0.497 e. The van der Waals surface area contributed by atoms with Crippen LogP contribution in [0.5, 0.6) is 17.2 Å². The standard InChI is InChI=1S/C44H48N8O7S2Si/c1-57-36-16-10-31(11-17-36)27-51(28-32-12-18-37(58-2)19-13-32)61(55,56)42-40(60(53,54)24-25-62(4,5)6)23-22-39(34-8-7-9-35(26-34)43-45-30-46-47-43)41(42)44-48-50-52(49-44)29-33-14-20-38(59-3)21-15-33/h7-23,26,30H,24-25,27-29H2,1-6H3,(H,45,46,47). The van der Waals surface area contributed by atoms with Gasteiger partial charge in [-0.25, -0.2) is 21.8 Å². The number of H-pyrrole nitrogens is 1. The first kappa shape index (κ1) is 43.9. The third kappa shape index (κ3) is 10.1. The number of hydrogen-bond donors (Lipinski definition) is 1. The van der Waals surface area contributed by atoms with Gasteiger partial charge in [-0.3, -0.25) is 5.10 Å². The molecule has 7 aromatic rings. The van der Waals surface area contributed by atoms with Gasteiger partial charge in [0.1, 0.15) is 28.5 Å². The van der Waals surface area contributed by atoms with Crippen molar-refractivity contribution in [2.45, 2.75) is 55.1 Å². The number of tetrazole rings is 1. The van der Waals surface area contributed by atoms with E-state index in [0.717, 1.165) is 5.56 Å². The lowest BCUT2D eigenvalue weighted by molar-refractivity contribution is 0.396. The van der Waals surface area contributed by atoms with E-state index >= 15 is 8.42 Å². The lowest BCUT2D eigenvalue weighted by Gasteiger charge is -2.26. The van der Waals surface area contributed by atoms with Gasteiger partial charge in [-0.1, -0.05) is 80.3 Å². The minimum atomic E-state index is -4.77. The molecule has 0 saturated carbocycles. The number of ether oxygens (including phenoxy) is 3. The number of benzene rings is 5. The Bertz CT molecular complexity index is 2800. The fourth-order valence-corrected chi connectivity index (χ4v) is 13.6. The molecule has 0 aliphatic rings. The van der Waals surface area contributed by atoms with Crippen molar-refractivity contribution in [3.63, 3.8) is 0 Å². The monoisotopic (exact) mass is 892 g/mol. The van der Waals surface area contributed by atoms with Crippen molar-refractivity contribution in [1.82, 2.24) is 39.7 Å². The maximum atomic E-state index is 15.9. The molecule has 7 rings (SSSR count). The summed E-state index contributed by atoms with van der Waals surface area (Å²) in [5, 5.41) is 20.6. The Morgan fingerprint density at radius 1 is 0.694 bits per heavy atom. The molecule has 322 valence electrons. The minimum Gasteiger partial charge on any atom is -0.497 e. The van der Waals surface area contributed by atoms with Crippen molar-refractivity contribution in [2.75, 3.05) is 27.1 Å². The van der Waals surface area contributed by atoms with Crippen LogP contribution in [0.1, 0.15) is 16.7 Å². The Labute approximate surface area is 362 Å². The second kappa shape index (κ2) is 18.4. The molecule has 0 atom stereocenters. The van der Waals surface area contributed by atoms with E-state index in [2.05, 4.69) is 45.1 Å². The molecule has 5 aromatic carbocycles. The van der Waals surface area contributed by atoms with E-state index in [4.69, 9.17) is 19.3 Å². The molecule has 62 heavy (non-hydrogen) atoms. The van der Waals surface area contributed by atoms with Crippen LogP contribution < -0.4 is 14.2 Å². The van der Waals surface area contributed by atoms with Gasteiger partial charge in [-0.15, -0.1) is 10.2 Å². The molecule has 0 radical (unpaired) electrons. The molecule has 0 saturated heterocycles. The first-order valence-electron chi connectivity index (χ1n) is 19.7. The van der Waals surface area contributed by atoms with Gasteiger partial charge in [0.25, 0.3) is 0 Å². The molecule has 0 aliphatic carbocycles. The number of methoxy groups -OCH3 is 3. The smallest absolute Gasteiger partial charge is 0.245 e. The SMILES string of the molecule is COc1ccc(CN(Cc2ccc(OC)cc2)S(=O)(=O)c2c(S(=O)(=O)CC[Si](C)(C)C)ccc(-c3cccc(-c4nc[nH]n4)c3)c2-c2nnn(Cc3ccc(OC)cc3)n2)cc1. The van der Waals surface area contributed by atoms with Crippen LogP contribution in [-0.4, -0.2) is 91.7 Å². The fourth-order valence-electron chi connectivity index (χ4n) is 6.78. The molecule has 15 nitrogen and oxygen atoms in total. The molecule has 0 bridgehead atoms. The zero-order valence-corrected chi connectivity index (χ0v) is 37.9. The summed E-state index contributed by atoms with van der Waals surface area (Å²) in [4.78, 5) is 4.87. The summed E-state index contributed by atoms with van der Waals surface area (Å²) in [5.74, 6) is 1.96. The molecular formula is C44H48N8O7S2Si. The van der Waals surface area contributed by atoms with Crippen LogP contribution in [-0.2, 0) is 39.5 Å². The second-order valence-corrected chi connectivity index (χ2v) is 25.4. The highest BCUT2D eigenvalue weighted by atomic mass is 32.2. The zero-order valence-electron chi connectivity index (χ0n) is 35.3. The van der Waals surface area contributed by atoms with E-state index in [1.165, 1.54) is 21.5 Å². The molecule has 0 aliphatic heterocycles. The predicted molar refractivity (Wildman–Crippen MR) is 239 cm³/mol. The normalized spacial score (nSPS) is 12.1. The second-order valence-electron chi connectivity index (χ2n) is 15.8. The van der Waals surface area contributed by atoms with E-state index in [1.807, 2.05) is 36.4 Å². The van der Waals surface area contributed by atoms with Crippen molar-refractivity contribution >= 4 is 27.9 Å². The molecule has 2 heterocycles. The molecule has 0 amide bonds. The van der Waals surface area contributed by atoms with Gasteiger partial charge >= 0.3 is 0 Å². The average molecular weight is 893 g/mol. The fraction of sp³-hybridized carbons (Fsp3) is 0.250. The molecule has 0 spiro atoms. The maximum Gasteiger partial charge on any atom is 0.245 e. The first-order valence-corrected chi connectivity index (χ1v) is 26.5. The molecule has 2 aromatic heterocycles. The summed E-state index contributed by atoms with van der Waals surface area (Å²) in [7, 11) is -6.27. The summed E-state index contributed by atoms with van der Waals surface area (Å²) in [6.07, 6.45) is 1.46. The summed E-state index contributed by atoms with van der Waals surface area (Å²) in [6.45, 7) is 6.18. The van der Waals surface area contributed by atoms with Crippen LogP contribution >= 0.6 is 0 Å². The van der Waals surface area contributed by atoms with Crippen molar-refractivity contribution in [3.8, 4) is 51.2 Å². The van der Waals surface area contributed by atoms with Crippen LogP contribution in [0, 0.1) is 0 Å². The van der Waals surface area contributed by atoms with Gasteiger partial charge in [-0.05, 0) is 87.6 Å². The lowest BCUT2D eigenvalue weighted by Crippen LogP contribution is -2.32. The van der Waals surface area contributed by atoms with Gasteiger partial charge < -0.3 is 14.2 Å². The third-order valence-electron chi connectivity index (χ3n) is 10.2. The van der Waals surface area contributed by atoms with Crippen LogP contribution in [0.15, 0.2) is 125 Å². The number of sulfonamides is 1. The number of sulfone groups is 1. The summed E-state index contributed by atoms with van der Waals surface area (Å²) >= 11 is 0. The summed E-state index contributed by atoms with van der Waals surface area (Å²) in [6, 6.07) is 32.1. The molecule has 0 unspecified atom stereocenters. The Hall–Kier alpha value is -6.21. The number of nitrogens with one attached hydrogen (secondary N) is 1. The highest BCUT2D eigenvalue weighted by molar-refractivity contribution is 7.93. The van der Waals surface area contributed by atoms with E-state index in [-0.39, 0.29) is 41.7 Å². The average Bonchev–Trinajstić information content (AvgIpc) is 3.99. The van der Waals surface area contributed by atoms with Crippen LogP contribution in [0.4, 0.5) is 0 Å². The Morgan fingerprint density at radius 3 is 1.79 bits per heavy atom. The number of aromatic amines is 1. The van der Waals surface area contributed by atoms with Gasteiger partial charge in [0.15, 0.2) is 15.7 Å². The zero-order chi connectivity index (χ0) is 44.1. The lowest BCUT2D eigenvalue weighted by atomic mass is 9.97. The topological polar surface area (TPSA) is 184 Å².